The van der Waals surface area contributed by atoms with E-state index in [4.69, 9.17) is 10.2 Å². The maximum atomic E-state index is 6.13. The first kappa shape index (κ1) is 17.3. The van der Waals surface area contributed by atoms with Gasteiger partial charge in [-0.1, -0.05) is 13.8 Å². The van der Waals surface area contributed by atoms with Gasteiger partial charge >= 0.3 is 0 Å². The van der Waals surface area contributed by atoms with E-state index in [-0.39, 0.29) is 6.04 Å². The van der Waals surface area contributed by atoms with E-state index in [0.717, 1.165) is 30.8 Å². The van der Waals surface area contributed by atoms with E-state index in [1.54, 1.807) is 0 Å². The summed E-state index contributed by atoms with van der Waals surface area (Å²) >= 11 is 0. The first-order chi connectivity index (χ1) is 9.28. The normalized spacial score (nSPS) is 13.8. The molecule has 2 N–H and O–H groups in total. The molecule has 0 aliphatic heterocycles. The van der Waals surface area contributed by atoms with Gasteiger partial charge in [0.05, 0.1) is 0 Å². The van der Waals surface area contributed by atoms with Crippen LogP contribution in [0.15, 0.2) is 12.4 Å². The Bertz CT molecular complexity index is 393. The number of hydrogen-bond donors (Lipinski definition) is 1. The Hall–Kier alpha value is -0.783. The number of aryl methyl sites for hydroxylation is 1. The maximum absolute atomic E-state index is 6.13. The van der Waals surface area contributed by atoms with Crippen molar-refractivity contribution in [1.82, 2.24) is 9.97 Å². The fourth-order valence-corrected chi connectivity index (χ4v) is 5.14. The van der Waals surface area contributed by atoms with Crippen LogP contribution in [0, 0.1) is 12.8 Å². The number of aromatic nitrogens is 2. The molecule has 0 aromatic carbocycles. The summed E-state index contributed by atoms with van der Waals surface area (Å²) in [5.41, 5.74) is 7.21. The lowest BCUT2D eigenvalue weighted by atomic mass is 10.1. The lowest BCUT2D eigenvalue weighted by molar-refractivity contribution is 0.283. The summed E-state index contributed by atoms with van der Waals surface area (Å²) in [4.78, 5) is 8.58. The highest BCUT2D eigenvalue weighted by Crippen LogP contribution is 2.18. The first-order valence-electron chi connectivity index (χ1n) is 7.45. The van der Waals surface area contributed by atoms with Crippen LogP contribution in [-0.2, 0) is 10.8 Å². The second kappa shape index (κ2) is 7.86. The van der Waals surface area contributed by atoms with Crippen LogP contribution in [0.4, 0.5) is 0 Å². The van der Waals surface area contributed by atoms with Gasteiger partial charge in [-0.25, -0.2) is 9.97 Å². The van der Waals surface area contributed by atoms with Gasteiger partial charge in [-0.3, -0.25) is 0 Å². The molecule has 1 heterocycles. The van der Waals surface area contributed by atoms with E-state index in [1.807, 2.05) is 19.3 Å². The highest BCUT2D eigenvalue weighted by molar-refractivity contribution is 6.71. The SMILES string of the molecule is Cc1cnc(CC(N)CCO[Si](C)(C)CC(C)C)nc1. The van der Waals surface area contributed by atoms with E-state index >= 15 is 0 Å². The topological polar surface area (TPSA) is 61.0 Å². The number of nitrogens with zero attached hydrogens (tertiary/aromatic N) is 2. The van der Waals surface area contributed by atoms with Crippen LogP contribution in [0.2, 0.25) is 19.1 Å². The molecule has 0 bridgehead atoms. The van der Waals surface area contributed by atoms with Crippen molar-refractivity contribution >= 4 is 8.32 Å². The van der Waals surface area contributed by atoms with Crippen LogP contribution in [-0.4, -0.2) is 30.9 Å². The molecule has 5 heteroatoms. The van der Waals surface area contributed by atoms with Gasteiger partial charge in [0.25, 0.3) is 0 Å². The minimum atomic E-state index is -1.52. The Morgan fingerprint density at radius 3 is 2.40 bits per heavy atom. The molecule has 20 heavy (non-hydrogen) atoms. The molecule has 1 aromatic rings. The van der Waals surface area contributed by atoms with Gasteiger partial charge in [-0.2, -0.15) is 0 Å². The van der Waals surface area contributed by atoms with Gasteiger partial charge in [-0.05, 0) is 44.0 Å². The van der Waals surface area contributed by atoms with Crippen LogP contribution in [0.1, 0.15) is 31.7 Å². The van der Waals surface area contributed by atoms with E-state index < -0.39 is 8.32 Å². The standard InChI is InChI=1S/C15H29N3OSi/c1-12(2)11-20(4,5)19-7-6-14(16)8-15-17-9-13(3)10-18-15/h9-10,12,14H,6-8,11,16H2,1-5H3. The third-order valence-corrected chi connectivity index (χ3v) is 5.95. The zero-order valence-corrected chi connectivity index (χ0v) is 14.5. The second-order valence-electron chi connectivity index (χ2n) is 6.64. The Morgan fingerprint density at radius 1 is 1.25 bits per heavy atom. The molecule has 0 amide bonds. The molecule has 4 nitrogen and oxygen atoms in total. The molecule has 0 saturated carbocycles. The number of rotatable bonds is 8. The van der Waals surface area contributed by atoms with Crippen molar-refractivity contribution in [3.8, 4) is 0 Å². The predicted octanol–water partition coefficient (Wildman–Crippen LogP) is 2.92. The average molecular weight is 296 g/mol. The van der Waals surface area contributed by atoms with Gasteiger partial charge in [-0.15, -0.1) is 0 Å². The van der Waals surface area contributed by atoms with E-state index in [0.29, 0.717) is 5.92 Å². The number of hydrogen-bond acceptors (Lipinski definition) is 4. The zero-order chi connectivity index (χ0) is 15.2. The Morgan fingerprint density at radius 2 is 1.85 bits per heavy atom. The molecule has 0 fully saturated rings. The third-order valence-electron chi connectivity index (χ3n) is 3.16. The second-order valence-corrected chi connectivity index (χ2v) is 10.9. The first-order valence-corrected chi connectivity index (χ1v) is 10.6. The predicted molar refractivity (Wildman–Crippen MR) is 86.1 cm³/mol. The summed E-state index contributed by atoms with van der Waals surface area (Å²) in [6, 6.07) is 1.27. The van der Waals surface area contributed by atoms with Gasteiger partial charge < -0.3 is 10.2 Å². The van der Waals surface area contributed by atoms with Crippen molar-refractivity contribution in [3.63, 3.8) is 0 Å². The summed E-state index contributed by atoms with van der Waals surface area (Å²) in [5.74, 6) is 1.52. The highest BCUT2D eigenvalue weighted by atomic mass is 28.4. The smallest absolute Gasteiger partial charge is 0.186 e. The fraction of sp³-hybridized carbons (Fsp3) is 0.733. The average Bonchev–Trinajstić information content (AvgIpc) is 2.30. The van der Waals surface area contributed by atoms with Crippen LogP contribution >= 0.6 is 0 Å². The molecule has 1 unspecified atom stereocenters. The van der Waals surface area contributed by atoms with Crippen molar-refractivity contribution in [2.24, 2.45) is 11.7 Å². The Labute approximate surface area is 124 Å². The summed E-state index contributed by atoms with van der Waals surface area (Å²) in [6.07, 6.45) is 5.26. The Kier molecular flexibility index (Phi) is 6.78. The van der Waals surface area contributed by atoms with Crippen LogP contribution in [0.3, 0.4) is 0 Å². The molecule has 0 radical (unpaired) electrons. The monoisotopic (exact) mass is 295 g/mol. The fourth-order valence-electron chi connectivity index (χ4n) is 2.39. The van der Waals surface area contributed by atoms with Crippen molar-refractivity contribution in [3.05, 3.63) is 23.8 Å². The largest absolute Gasteiger partial charge is 0.417 e. The van der Waals surface area contributed by atoms with Gasteiger partial charge in [0.1, 0.15) is 5.82 Å². The van der Waals surface area contributed by atoms with Crippen LogP contribution < -0.4 is 5.73 Å². The summed E-state index contributed by atoms with van der Waals surface area (Å²) < 4.78 is 6.09. The van der Waals surface area contributed by atoms with Crippen molar-refractivity contribution in [2.45, 2.75) is 58.8 Å². The molecular formula is C15H29N3OSi. The zero-order valence-electron chi connectivity index (χ0n) is 13.5. The van der Waals surface area contributed by atoms with E-state index in [1.165, 1.54) is 6.04 Å². The van der Waals surface area contributed by atoms with E-state index in [9.17, 15) is 0 Å². The molecule has 114 valence electrons. The lowest BCUT2D eigenvalue weighted by Crippen LogP contribution is -2.34. The molecular weight excluding hydrogens is 266 g/mol. The minimum Gasteiger partial charge on any atom is -0.417 e. The molecule has 1 rings (SSSR count). The molecule has 0 aliphatic rings. The van der Waals surface area contributed by atoms with Crippen LogP contribution in [0.5, 0.6) is 0 Å². The molecule has 1 atom stereocenters. The number of nitrogens with two attached hydrogens (primary N) is 1. The summed E-state index contributed by atoms with van der Waals surface area (Å²) in [5, 5.41) is 0. The summed E-state index contributed by atoms with van der Waals surface area (Å²) in [6.45, 7) is 11.8. The molecule has 1 aromatic heterocycles. The third kappa shape index (κ3) is 7.12. The Balaban J connectivity index is 2.29. The van der Waals surface area contributed by atoms with Gasteiger partial charge in [0.15, 0.2) is 8.32 Å². The quantitative estimate of drug-likeness (QED) is 0.749. The maximum Gasteiger partial charge on any atom is 0.186 e. The lowest BCUT2D eigenvalue weighted by Gasteiger charge is -2.25. The van der Waals surface area contributed by atoms with Crippen molar-refractivity contribution in [1.29, 1.82) is 0 Å². The highest BCUT2D eigenvalue weighted by Gasteiger charge is 2.23. The van der Waals surface area contributed by atoms with Gasteiger partial charge in [0, 0.05) is 31.5 Å². The molecule has 0 spiro atoms. The van der Waals surface area contributed by atoms with Crippen molar-refractivity contribution in [2.75, 3.05) is 6.61 Å². The van der Waals surface area contributed by atoms with Gasteiger partial charge in [0.2, 0.25) is 0 Å². The summed E-state index contributed by atoms with van der Waals surface area (Å²) in [7, 11) is -1.52. The van der Waals surface area contributed by atoms with Crippen molar-refractivity contribution < 1.29 is 4.43 Å². The van der Waals surface area contributed by atoms with E-state index in [2.05, 4.69) is 36.9 Å². The van der Waals surface area contributed by atoms with Crippen LogP contribution in [0.25, 0.3) is 0 Å². The molecule has 0 saturated heterocycles. The molecule has 0 aliphatic carbocycles. The minimum absolute atomic E-state index is 0.0709.